The van der Waals surface area contributed by atoms with Gasteiger partial charge in [0.1, 0.15) is 0 Å². The van der Waals surface area contributed by atoms with E-state index in [1.807, 2.05) is 0 Å². The number of ketones is 1. The number of nitrogens with two attached hydrogens (primary N) is 1. The summed E-state index contributed by atoms with van der Waals surface area (Å²) in [6.45, 7) is 0.0304. The number of carbonyl (C=O) groups excluding carboxylic acids is 1. The third-order valence-electron chi connectivity index (χ3n) is 1.26. The van der Waals surface area contributed by atoms with Gasteiger partial charge in [0.25, 0.3) is 0 Å². The molecular formula is C7H8BrClN2O. The molecule has 0 unspecified atom stereocenters. The summed E-state index contributed by atoms with van der Waals surface area (Å²) >= 11 is 3.20. The SMILES string of the molecule is Cl.NCC(=O)c1ccncc1Br. The molecule has 0 fully saturated rings. The molecule has 0 aliphatic carbocycles. The van der Waals surface area contributed by atoms with Crippen LogP contribution in [0.25, 0.3) is 0 Å². The molecule has 12 heavy (non-hydrogen) atoms. The number of nitrogens with zero attached hydrogens (tertiary/aromatic N) is 1. The normalized spacial score (nSPS) is 8.83. The Balaban J connectivity index is 0.00000121. The van der Waals surface area contributed by atoms with Gasteiger partial charge in [-0.05, 0) is 22.0 Å². The Kier molecular flexibility index (Phi) is 5.04. The fourth-order valence-electron chi connectivity index (χ4n) is 0.711. The second-order valence-corrected chi connectivity index (χ2v) is 2.84. The second kappa shape index (κ2) is 5.24. The lowest BCUT2D eigenvalue weighted by molar-refractivity contribution is 0.100. The fraction of sp³-hybridized carbons (Fsp3) is 0.143. The molecule has 2 N–H and O–H groups in total. The predicted molar refractivity (Wildman–Crippen MR) is 52.6 cm³/mol. The van der Waals surface area contributed by atoms with E-state index in [4.69, 9.17) is 5.73 Å². The van der Waals surface area contributed by atoms with Crippen molar-refractivity contribution in [2.45, 2.75) is 0 Å². The van der Waals surface area contributed by atoms with Gasteiger partial charge < -0.3 is 5.73 Å². The van der Waals surface area contributed by atoms with Gasteiger partial charge in [-0.25, -0.2) is 0 Å². The average Bonchev–Trinajstić information content (AvgIpc) is 2.04. The van der Waals surface area contributed by atoms with Gasteiger partial charge in [-0.1, -0.05) is 0 Å². The standard InChI is InChI=1S/C7H7BrN2O.ClH/c8-6-4-10-2-1-5(6)7(11)3-9;/h1-2,4H,3,9H2;1H. The van der Waals surface area contributed by atoms with E-state index in [1.54, 1.807) is 18.5 Å². The van der Waals surface area contributed by atoms with Crippen molar-refractivity contribution in [2.24, 2.45) is 5.73 Å². The second-order valence-electron chi connectivity index (χ2n) is 1.98. The van der Waals surface area contributed by atoms with Gasteiger partial charge in [-0.3, -0.25) is 9.78 Å². The molecule has 5 heteroatoms. The van der Waals surface area contributed by atoms with Crippen LogP contribution in [0.15, 0.2) is 22.9 Å². The smallest absolute Gasteiger partial charge is 0.177 e. The van der Waals surface area contributed by atoms with E-state index in [0.29, 0.717) is 10.0 Å². The number of aromatic nitrogens is 1. The van der Waals surface area contributed by atoms with Crippen LogP contribution in [0.5, 0.6) is 0 Å². The number of rotatable bonds is 2. The molecule has 0 aliphatic rings. The largest absolute Gasteiger partial charge is 0.324 e. The first kappa shape index (κ1) is 11.6. The number of hydrogen-bond donors (Lipinski definition) is 1. The first-order chi connectivity index (χ1) is 5.25. The molecular weight excluding hydrogens is 243 g/mol. The van der Waals surface area contributed by atoms with Crippen LogP contribution in [-0.2, 0) is 0 Å². The third kappa shape index (κ3) is 2.55. The molecule has 0 spiro atoms. The summed E-state index contributed by atoms with van der Waals surface area (Å²) in [5.41, 5.74) is 5.77. The summed E-state index contributed by atoms with van der Waals surface area (Å²) < 4.78 is 0.690. The van der Waals surface area contributed by atoms with Crippen molar-refractivity contribution in [3.63, 3.8) is 0 Å². The maximum absolute atomic E-state index is 11.1. The zero-order valence-electron chi connectivity index (χ0n) is 6.16. The number of pyridine rings is 1. The van der Waals surface area contributed by atoms with Crippen molar-refractivity contribution in [3.05, 3.63) is 28.5 Å². The Morgan fingerprint density at radius 2 is 2.33 bits per heavy atom. The Morgan fingerprint density at radius 3 is 2.83 bits per heavy atom. The van der Waals surface area contributed by atoms with Crippen LogP contribution in [0.4, 0.5) is 0 Å². The quantitative estimate of drug-likeness (QED) is 0.809. The highest BCUT2D eigenvalue weighted by atomic mass is 79.9. The molecule has 0 aromatic carbocycles. The number of carbonyl (C=O) groups is 1. The van der Waals surface area contributed by atoms with Gasteiger partial charge in [-0.15, -0.1) is 12.4 Å². The van der Waals surface area contributed by atoms with Crippen molar-refractivity contribution < 1.29 is 4.79 Å². The molecule has 1 rings (SSSR count). The summed E-state index contributed by atoms with van der Waals surface area (Å²) in [4.78, 5) is 14.9. The molecule has 0 bridgehead atoms. The van der Waals surface area contributed by atoms with E-state index in [-0.39, 0.29) is 24.7 Å². The topological polar surface area (TPSA) is 56.0 Å². The molecule has 0 aliphatic heterocycles. The maximum Gasteiger partial charge on any atom is 0.177 e. The fourth-order valence-corrected chi connectivity index (χ4v) is 1.18. The van der Waals surface area contributed by atoms with Crippen molar-refractivity contribution in [1.29, 1.82) is 0 Å². The van der Waals surface area contributed by atoms with Crippen LogP contribution in [0.1, 0.15) is 10.4 Å². The lowest BCUT2D eigenvalue weighted by Gasteiger charge is -1.98. The molecule has 0 atom stereocenters. The summed E-state index contributed by atoms with van der Waals surface area (Å²) in [6, 6.07) is 1.64. The molecule has 1 aromatic rings. The lowest BCUT2D eigenvalue weighted by atomic mass is 10.2. The van der Waals surface area contributed by atoms with E-state index < -0.39 is 0 Å². The molecule has 0 saturated heterocycles. The van der Waals surface area contributed by atoms with Crippen LogP contribution >= 0.6 is 28.3 Å². The van der Waals surface area contributed by atoms with Crippen LogP contribution < -0.4 is 5.73 Å². The predicted octanol–water partition coefficient (Wildman–Crippen LogP) is 1.41. The van der Waals surface area contributed by atoms with Crippen LogP contribution in [-0.4, -0.2) is 17.3 Å². The Morgan fingerprint density at radius 1 is 1.67 bits per heavy atom. The molecule has 3 nitrogen and oxygen atoms in total. The minimum atomic E-state index is -0.0840. The molecule has 1 heterocycles. The Hall–Kier alpha value is -0.450. The number of halogens is 2. The third-order valence-corrected chi connectivity index (χ3v) is 1.89. The van der Waals surface area contributed by atoms with E-state index >= 15 is 0 Å². The molecule has 0 saturated carbocycles. The van der Waals surface area contributed by atoms with Gasteiger partial charge in [-0.2, -0.15) is 0 Å². The highest BCUT2D eigenvalue weighted by Gasteiger charge is 2.06. The average molecular weight is 252 g/mol. The minimum absolute atomic E-state index is 0. The van der Waals surface area contributed by atoms with Crippen molar-refractivity contribution in [2.75, 3.05) is 6.54 Å². The van der Waals surface area contributed by atoms with Crippen molar-refractivity contribution >= 4 is 34.1 Å². The summed E-state index contributed by atoms with van der Waals surface area (Å²) in [5, 5.41) is 0. The van der Waals surface area contributed by atoms with Gasteiger partial charge >= 0.3 is 0 Å². The van der Waals surface area contributed by atoms with Gasteiger partial charge in [0.05, 0.1) is 6.54 Å². The first-order valence-corrected chi connectivity index (χ1v) is 3.87. The molecule has 0 amide bonds. The summed E-state index contributed by atoms with van der Waals surface area (Å²) in [5.74, 6) is -0.0840. The van der Waals surface area contributed by atoms with Crippen LogP contribution in [0.2, 0.25) is 0 Å². The van der Waals surface area contributed by atoms with Crippen LogP contribution in [0, 0.1) is 0 Å². The zero-order valence-corrected chi connectivity index (χ0v) is 8.56. The number of Topliss-reactive ketones (excluding diaryl/α,β-unsaturated/α-hetero) is 1. The highest BCUT2D eigenvalue weighted by molar-refractivity contribution is 9.10. The molecule has 1 aromatic heterocycles. The Bertz CT molecular complexity index is 280. The van der Waals surface area contributed by atoms with Crippen molar-refractivity contribution in [3.8, 4) is 0 Å². The van der Waals surface area contributed by atoms with E-state index in [1.165, 1.54) is 0 Å². The highest BCUT2D eigenvalue weighted by Crippen LogP contribution is 2.13. The summed E-state index contributed by atoms with van der Waals surface area (Å²) in [6.07, 6.45) is 3.14. The minimum Gasteiger partial charge on any atom is -0.324 e. The first-order valence-electron chi connectivity index (χ1n) is 3.08. The van der Waals surface area contributed by atoms with Gasteiger partial charge in [0.15, 0.2) is 5.78 Å². The van der Waals surface area contributed by atoms with Crippen LogP contribution in [0.3, 0.4) is 0 Å². The molecule has 66 valence electrons. The van der Waals surface area contributed by atoms with E-state index in [2.05, 4.69) is 20.9 Å². The van der Waals surface area contributed by atoms with Gasteiger partial charge in [0.2, 0.25) is 0 Å². The van der Waals surface area contributed by atoms with E-state index in [0.717, 1.165) is 0 Å². The van der Waals surface area contributed by atoms with Gasteiger partial charge in [0, 0.05) is 22.4 Å². The monoisotopic (exact) mass is 250 g/mol. The lowest BCUT2D eigenvalue weighted by Crippen LogP contribution is -2.13. The summed E-state index contributed by atoms with van der Waals surface area (Å²) in [7, 11) is 0. The van der Waals surface area contributed by atoms with Crippen molar-refractivity contribution in [1.82, 2.24) is 4.98 Å². The number of hydrogen-bond acceptors (Lipinski definition) is 3. The molecule has 0 radical (unpaired) electrons. The maximum atomic E-state index is 11.1. The Labute approximate surface area is 84.9 Å². The zero-order chi connectivity index (χ0) is 8.27. The van der Waals surface area contributed by atoms with E-state index in [9.17, 15) is 4.79 Å².